The van der Waals surface area contributed by atoms with E-state index in [1.54, 1.807) is 0 Å². The minimum Gasteiger partial charge on any atom is -0.385 e. The van der Waals surface area contributed by atoms with Crippen molar-refractivity contribution in [3.8, 4) is 0 Å². The van der Waals surface area contributed by atoms with Crippen LogP contribution in [0.2, 0.25) is 0 Å². The Kier molecular flexibility index (Phi) is 16.9. The fourth-order valence-electron chi connectivity index (χ4n) is 0.513. The summed E-state index contributed by atoms with van der Waals surface area (Å²) < 4.78 is 18.7. The molecule has 0 unspecified atom stereocenters. The molecular formula is C4H5Na3O5P. The Hall–Kier alpha value is 2.17. The van der Waals surface area contributed by atoms with Gasteiger partial charge in [-0.3, -0.25) is 9.59 Å². The average molecular weight is 233 g/mol. The first-order chi connectivity index (χ1) is 4.68. The quantitative estimate of drug-likeness (QED) is 0.401. The number of carbonyl (C=O) groups excluding carboxylic acids is 2. The monoisotopic (exact) mass is 233 g/mol. The normalized spacial score (nSPS) is 16.3. The smallest absolute Gasteiger partial charge is 0.385 e. The molecule has 0 atom stereocenters. The van der Waals surface area contributed by atoms with Crippen LogP contribution in [-0.4, -0.2) is 101 Å². The molecule has 13 heavy (non-hydrogen) atoms. The molecule has 9 heteroatoms. The first kappa shape index (κ1) is 20.6. The molecule has 3 radical (unpaired) electrons. The molecule has 0 bridgehead atoms. The van der Waals surface area contributed by atoms with Crippen molar-refractivity contribution < 1.29 is 23.2 Å². The summed E-state index contributed by atoms with van der Waals surface area (Å²) in [6, 6.07) is 0. The fourth-order valence-corrected chi connectivity index (χ4v) is 1.13. The van der Waals surface area contributed by atoms with Gasteiger partial charge in [0.2, 0.25) is 0 Å². The molecule has 5 nitrogen and oxygen atoms in total. The molecule has 1 rings (SSSR count). The van der Waals surface area contributed by atoms with E-state index in [0.717, 1.165) is 0 Å². The van der Waals surface area contributed by atoms with Crippen LogP contribution in [0.1, 0.15) is 12.8 Å². The Morgan fingerprint density at radius 3 is 1.54 bits per heavy atom. The molecule has 0 aromatic heterocycles. The molecule has 0 N–H and O–H groups in total. The molecular weight excluding hydrogens is 228 g/mol. The van der Waals surface area contributed by atoms with E-state index < -0.39 is 20.2 Å². The minimum atomic E-state index is -2.88. The van der Waals surface area contributed by atoms with Crippen molar-refractivity contribution in [1.82, 2.24) is 0 Å². The van der Waals surface area contributed by atoms with Gasteiger partial charge in [-0.15, -0.1) is 0 Å². The predicted octanol–water partition coefficient (Wildman–Crippen LogP) is -0.886. The van der Waals surface area contributed by atoms with Crippen molar-refractivity contribution in [3.63, 3.8) is 0 Å². The van der Waals surface area contributed by atoms with Gasteiger partial charge in [0.25, 0.3) is 0 Å². The summed E-state index contributed by atoms with van der Waals surface area (Å²) in [6.45, 7) is 0. The van der Waals surface area contributed by atoms with E-state index in [4.69, 9.17) is 0 Å². The second-order valence-electron chi connectivity index (χ2n) is 1.70. The van der Waals surface area contributed by atoms with Crippen molar-refractivity contribution >= 4 is 109 Å². The van der Waals surface area contributed by atoms with Gasteiger partial charge in [-0.05, 0) is 0 Å². The van der Waals surface area contributed by atoms with Gasteiger partial charge < -0.3 is 9.05 Å². The third-order valence-corrected chi connectivity index (χ3v) is 1.72. The SMILES string of the molecule is O=C1CCC(=O)O[PH](=O)O1.[Na].[Na].[Na]. The van der Waals surface area contributed by atoms with Crippen molar-refractivity contribution in [1.29, 1.82) is 0 Å². The van der Waals surface area contributed by atoms with Crippen LogP contribution in [0.25, 0.3) is 0 Å². The average Bonchev–Trinajstić information content (AvgIpc) is 1.93. The Balaban J connectivity index is -0.000000333. The van der Waals surface area contributed by atoms with Gasteiger partial charge in [0, 0.05) is 88.7 Å². The molecule has 1 heterocycles. The van der Waals surface area contributed by atoms with Crippen molar-refractivity contribution in [2.24, 2.45) is 0 Å². The van der Waals surface area contributed by atoms with Crippen LogP contribution in [0.5, 0.6) is 0 Å². The first-order valence-electron chi connectivity index (χ1n) is 2.64. The van der Waals surface area contributed by atoms with Crippen molar-refractivity contribution in [3.05, 3.63) is 0 Å². The van der Waals surface area contributed by atoms with E-state index in [2.05, 4.69) is 9.05 Å². The Bertz CT molecular complexity index is 188. The van der Waals surface area contributed by atoms with Gasteiger partial charge in [-0.25, -0.2) is 4.57 Å². The Morgan fingerprint density at radius 1 is 0.923 bits per heavy atom. The van der Waals surface area contributed by atoms with Crippen molar-refractivity contribution in [2.75, 3.05) is 0 Å². The first-order valence-corrected chi connectivity index (χ1v) is 3.86. The molecule has 1 fully saturated rings. The standard InChI is InChI=1S/C4H5O5P.3Na/c5-3-1-2-4(6)9-10(7)8-3;;;/h10H,1-2H2;;;. The van der Waals surface area contributed by atoms with Crippen LogP contribution in [0.15, 0.2) is 0 Å². The molecule has 1 saturated heterocycles. The van der Waals surface area contributed by atoms with Crippen LogP contribution < -0.4 is 0 Å². The van der Waals surface area contributed by atoms with Crippen molar-refractivity contribution in [2.45, 2.75) is 12.8 Å². The van der Waals surface area contributed by atoms with Gasteiger partial charge in [0.1, 0.15) is 0 Å². The summed E-state index contributed by atoms with van der Waals surface area (Å²) in [5.41, 5.74) is 0. The zero-order chi connectivity index (χ0) is 7.56. The maximum Gasteiger partial charge on any atom is 0.423 e. The molecule has 0 aliphatic carbocycles. The molecule has 0 amide bonds. The molecule has 0 saturated carbocycles. The largest absolute Gasteiger partial charge is 0.423 e. The summed E-state index contributed by atoms with van der Waals surface area (Å²) in [5, 5.41) is 0. The second kappa shape index (κ2) is 10.7. The topological polar surface area (TPSA) is 69.7 Å². The van der Waals surface area contributed by atoms with E-state index in [1.807, 2.05) is 0 Å². The zero-order valence-electron chi connectivity index (χ0n) is 7.96. The summed E-state index contributed by atoms with van der Waals surface area (Å²) in [7, 11) is -2.88. The molecule has 0 spiro atoms. The summed E-state index contributed by atoms with van der Waals surface area (Å²) in [5.74, 6) is -1.29. The van der Waals surface area contributed by atoms with Crippen LogP contribution in [0.3, 0.4) is 0 Å². The zero-order valence-corrected chi connectivity index (χ0v) is 15.0. The Labute approximate surface area is 142 Å². The Morgan fingerprint density at radius 2 is 1.23 bits per heavy atom. The third-order valence-electron chi connectivity index (χ3n) is 0.928. The van der Waals surface area contributed by atoms with Crippen LogP contribution >= 0.6 is 8.25 Å². The summed E-state index contributed by atoms with van der Waals surface area (Å²) >= 11 is 0. The van der Waals surface area contributed by atoms with Gasteiger partial charge in [0.05, 0.1) is 12.8 Å². The van der Waals surface area contributed by atoms with E-state index >= 15 is 0 Å². The molecule has 1 aliphatic rings. The predicted molar refractivity (Wildman–Crippen MR) is 47.7 cm³/mol. The fraction of sp³-hybridized carbons (Fsp3) is 0.500. The maximum absolute atomic E-state index is 10.4. The summed E-state index contributed by atoms with van der Waals surface area (Å²) in [6.07, 6.45) is -0.0928. The van der Waals surface area contributed by atoms with E-state index in [0.29, 0.717) is 0 Å². The van der Waals surface area contributed by atoms with E-state index in [1.165, 1.54) is 0 Å². The van der Waals surface area contributed by atoms with E-state index in [-0.39, 0.29) is 102 Å². The van der Waals surface area contributed by atoms with E-state index in [9.17, 15) is 14.2 Å². The number of rotatable bonds is 0. The molecule has 59 valence electrons. The number of hydrogen-bond donors (Lipinski definition) is 0. The van der Waals surface area contributed by atoms with Gasteiger partial charge in [0.15, 0.2) is 0 Å². The van der Waals surface area contributed by atoms with Crippen LogP contribution in [0.4, 0.5) is 0 Å². The van der Waals surface area contributed by atoms with Gasteiger partial charge in [-0.2, -0.15) is 0 Å². The molecule has 0 aromatic rings. The van der Waals surface area contributed by atoms with Crippen LogP contribution in [-0.2, 0) is 23.2 Å². The maximum atomic E-state index is 10.4. The van der Waals surface area contributed by atoms with Gasteiger partial charge >= 0.3 is 20.2 Å². The van der Waals surface area contributed by atoms with Crippen LogP contribution in [0, 0.1) is 0 Å². The molecule has 0 aromatic carbocycles. The second-order valence-corrected chi connectivity index (χ2v) is 2.61. The third kappa shape index (κ3) is 9.12. The number of hydrogen-bond acceptors (Lipinski definition) is 5. The molecule has 1 aliphatic heterocycles. The minimum absolute atomic E-state index is 0. The van der Waals surface area contributed by atoms with Gasteiger partial charge in [-0.1, -0.05) is 0 Å². The summed E-state index contributed by atoms with van der Waals surface area (Å²) in [4.78, 5) is 20.8. The number of carbonyl (C=O) groups is 2.